The van der Waals surface area contributed by atoms with E-state index in [4.69, 9.17) is 4.98 Å². The molecule has 112 valence electrons. The molecule has 0 aromatic carbocycles. The summed E-state index contributed by atoms with van der Waals surface area (Å²) in [4.78, 5) is 6.63. The van der Waals surface area contributed by atoms with Gasteiger partial charge in [0.2, 0.25) is 0 Å². The van der Waals surface area contributed by atoms with Gasteiger partial charge in [0.1, 0.15) is 5.01 Å². The van der Waals surface area contributed by atoms with Crippen LogP contribution in [-0.2, 0) is 18.4 Å². The van der Waals surface area contributed by atoms with E-state index in [1.165, 1.54) is 55.6 Å². The molecule has 0 saturated heterocycles. The van der Waals surface area contributed by atoms with Gasteiger partial charge in [0.15, 0.2) is 0 Å². The molecular weight excluding hydrogens is 264 g/mol. The fraction of sp³-hybridized carbons (Fsp3) is 0.824. The Labute approximate surface area is 127 Å². The van der Waals surface area contributed by atoms with Gasteiger partial charge in [0.05, 0.1) is 11.2 Å². The predicted molar refractivity (Wildman–Crippen MR) is 86.3 cm³/mol. The Morgan fingerprint density at radius 3 is 2.85 bits per heavy atom. The molecule has 1 fully saturated rings. The Morgan fingerprint density at radius 2 is 2.15 bits per heavy atom. The minimum Gasteiger partial charge on any atom is -0.305 e. The number of hydrogen-bond donors (Lipinski definition) is 1. The van der Waals surface area contributed by atoms with Crippen molar-refractivity contribution >= 4 is 11.3 Å². The van der Waals surface area contributed by atoms with Gasteiger partial charge in [0, 0.05) is 4.88 Å². The molecular formula is C17H28N2S. The zero-order valence-corrected chi connectivity index (χ0v) is 14.0. The third-order valence-electron chi connectivity index (χ3n) is 5.39. The topological polar surface area (TPSA) is 24.9 Å². The fourth-order valence-electron chi connectivity index (χ4n) is 3.80. The van der Waals surface area contributed by atoms with Gasteiger partial charge in [-0.2, -0.15) is 0 Å². The van der Waals surface area contributed by atoms with Crippen molar-refractivity contribution in [3.63, 3.8) is 0 Å². The molecule has 0 radical (unpaired) electrons. The summed E-state index contributed by atoms with van der Waals surface area (Å²) in [6.45, 7) is 8.21. The summed E-state index contributed by atoms with van der Waals surface area (Å²) in [5.41, 5.74) is 1.59. The van der Waals surface area contributed by atoms with Gasteiger partial charge in [0.25, 0.3) is 0 Å². The van der Waals surface area contributed by atoms with Crippen molar-refractivity contribution in [3.8, 4) is 0 Å². The number of fused-ring (bicyclic) bond motifs is 1. The summed E-state index contributed by atoms with van der Waals surface area (Å²) in [5, 5.41) is 5.29. The van der Waals surface area contributed by atoms with Crippen molar-refractivity contribution in [2.24, 2.45) is 11.8 Å². The molecule has 0 bridgehead atoms. The van der Waals surface area contributed by atoms with Crippen LogP contribution in [0.1, 0.15) is 68.5 Å². The molecule has 1 saturated carbocycles. The minimum atomic E-state index is 0.178. The first-order valence-corrected chi connectivity index (χ1v) is 9.20. The lowest BCUT2D eigenvalue weighted by atomic mass is 9.71. The fourth-order valence-corrected chi connectivity index (χ4v) is 5.16. The number of nitrogens with one attached hydrogen (secondary N) is 1. The van der Waals surface area contributed by atoms with E-state index in [0.29, 0.717) is 0 Å². The van der Waals surface area contributed by atoms with Crippen LogP contribution in [0.5, 0.6) is 0 Å². The highest BCUT2D eigenvalue weighted by molar-refractivity contribution is 7.12. The molecule has 1 heterocycles. The van der Waals surface area contributed by atoms with Crippen molar-refractivity contribution < 1.29 is 0 Å². The molecule has 3 rings (SSSR count). The van der Waals surface area contributed by atoms with Gasteiger partial charge in [-0.15, -0.1) is 11.3 Å². The maximum Gasteiger partial charge on any atom is 0.113 e. The van der Waals surface area contributed by atoms with Crippen LogP contribution in [0.2, 0.25) is 0 Å². The van der Waals surface area contributed by atoms with Crippen LogP contribution in [0.3, 0.4) is 0 Å². The first-order valence-electron chi connectivity index (χ1n) is 8.38. The Hall–Kier alpha value is -0.410. The first kappa shape index (κ1) is 14.5. The monoisotopic (exact) mass is 292 g/mol. The number of aromatic nitrogens is 1. The summed E-state index contributed by atoms with van der Waals surface area (Å²) < 4.78 is 0. The van der Waals surface area contributed by atoms with Crippen LogP contribution in [-0.4, -0.2) is 11.5 Å². The molecule has 20 heavy (non-hydrogen) atoms. The molecule has 3 heteroatoms. The molecule has 2 nitrogen and oxygen atoms in total. The summed E-state index contributed by atoms with van der Waals surface area (Å²) in [7, 11) is 0. The molecule has 3 unspecified atom stereocenters. The van der Waals surface area contributed by atoms with Crippen LogP contribution in [0.15, 0.2) is 0 Å². The van der Waals surface area contributed by atoms with Crippen molar-refractivity contribution in [2.45, 2.75) is 71.3 Å². The number of thiazole rings is 1. The number of hydrogen-bond acceptors (Lipinski definition) is 3. The summed E-state index contributed by atoms with van der Waals surface area (Å²) in [6, 6.07) is 0. The molecule has 2 aliphatic rings. The largest absolute Gasteiger partial charge is 0.305 e. The van der Waals surface area contributed by atoms with E-state index >= 15 is 0 Å². The van der Waals surface area contributed by atoms with E-state index in [-0.39, 0.29) is 5.54 Å². The van der Waals surface area contributed by atoms with E-state index in [2.05, 4.69) is 26.1 Å². The van der Waals surface area contributed by atoms with Gasteiger partial charge in [-0.3, -0.25) is 0 Å². The van der Waals surface area contributed by atoms with Crippen molar-refractivity contribution in [1.82, 2.24) is 10.3 Å². The molecule has 1 aromatic heterocycles. The summed E-state index contributed by atoms with van der Waals surface area (Å²) in [6.07, 6.45) is 8.87. The molecule has 0 amide bonds. The Balaban J connectivity index is 1.88. The van der Waals surface area contributed by atoms with Crippen LogP contribution in [0.4, 0.5) is 0 Å². The normalized spacial score (nSPS) is 33.4. The minimum absolute atomic E-state index is 0.178. The zero-order chi connectivity index (χ0) is 14.2. The Kier molecular flexibility index (Phi) is 4.19. The van der Waals surface area contributed by atoms with E-state index < -0.39 is 0 Å². The summed E-state index contributed by atoms with van der Waals surface area (Å²) >= 11 is 2.01. The lowest BCUT2D eigenvalue weighted by molar-refractivity contribution is 0.140. The number of aryl methyl sites for hydroxylation is 2. The summed E-state index contributed by atoms with van der Waals surface area (Å²) in [5.74, 6) is 1.66. The van der Waals surface area contributed by atoms with E-state index in [9.17, 15) is 0 Å². The highest BCUT2D eigenvalue weighted by Crippen LogP contribution is 2.45. The highest BCUT2D eigenvalue weighted by atomic mass is 32.1. The molecule has 0 spiro atoms. The van der Waals surface area contributed by atoms with Crippen molar-refractivity contribution in [1.29, 1.82) is 0 Å². The third-order valence-corrected chi connectivity index (χ3v) is 6.75. The Bertz CT molecular complexity index is 442. The average Bonchev–Trinajstić information content (AvgIpc) is 3.01. The highest BCUT2D eigenvalue weighted by Gasteiger charge is 2.41. The SMILES string of the molecule is CCCNC1(c2nc3c(s2)CCC3)CCC(C)C(C)C1. The van der Waals surface area contributed by atoms with E-state index in [1.807, 2.05) is 11.3 Å². The maximum atomic E-state index is 5.06. The molecule has 1 aromatic rings. The van der Waals surface area contributed by atoms with Gasteiger partial charge in [-0.1, -0.05) is 20.8 Å². The van der Waals surface area contributed by atoms with Crippen LogP contribution >= 0.6 is 11.3 Å². The first-order chi connectivity index (χ1) is 9.64. The van der Waals surface area contributed by atoms with Crippen molar-refractivity contribution in [3.05, 3.63) is 15.6 Å². The van der Waals surface area contributed by atoms with Crippen LogP contribution < -0.4 is 5.32 Å². The van der Waals surface area contributed by atoms with Gasteiger partial charge in [-0.25, -0.2) is 4.98 Å². The molecule has 1 N–H and O–H groups in total. The third kappa shape index (κ3) is 2.55. The lowest BCUT2D eigenvalue weighted by Crippen LogP contribution is -2.47. The standard InChI is InChI=1S/C17H28N2S/c1-4-10-18-17(9-8-12(2)13(3)11-17)16-19-14-6-5-7-15(14)20-16/h12-13,18H,4-11H2,1-3H3. The Morgan fingerprint density at radius 1 is 1.30 bits per heavy atom. The van der Waals surface area contributed by atoms with Crippen molar-refractivity contribution in [2.75, 3.05) is 6.54 Å². The van der Waals surface area contributed by atoms with E-state index in [1.54, 1.807) is 4.88 Å². The molecule has 3 atom stereocenters. The zero-order valence-electron chi connectivity index (χ0n) is 13.2. The quantitative estimate of drug-likeness (QED) is 0.896. The van der Waals surface area contributed by atoms with Gasteiger partial charge < -0.3 is 5.32 Å². The second-order valence-corrected chi connectivity index (χ2v) is 8.03. The van der Waals surface area contributed by atoms with Crippen LogP contribution in [0.25, 0.3) is 0 Å². The second kappa shape index (κ2) is 5.76. The van der Waals surface area contributed by atoms with Gasteiger partial charge in [-0.05, 0) is 63.3 Å². The average molecular weight is 292 g/mol. The second-order valence-electron chi connectivity index (χ2n) is 6.95. The number of nitrogens with zero attached hydrogens (tertiary/aromatic N) is 1. The molecule has 2 aliphatic carbocycles. The number of rotatable bonds is 4. The predicted octanol–water partition coefficient (Wildman–Crippen LogP) is 4.28. The maximum absolute atomic E-state index is 5.06. The lowest BCUT2D eigenvalue weighted by Gasteiger charge is -2.42. The smallest absolute Gasteiger partial charge is 0.113 e. The molecule has 0 aliphatic heterocycles. The van der Waals surface area contributed by atoms with Gasteiger partial charge >= 0.3 is 0 Å². The van der Waals surface area contributed by atoms with Crippen LogP contribution in [0, 0.1) is 11.8 Å². The van der Waals surface area contributed by atoms with E-state index in [0.717, 1.165) is 18.4 Å².